The molecule has 6 heteroatoms. The van der Waals surface area contributed by atoms with E-state index in [-0.39, 0.29) is 5.91 Å². The maximum Gasteiger partial charge on any atom is 0.337 e. The fourth-order valence-electron chi connectivity index (χ4n) is 1.65. The molecule has 0 aliphatic carbocycles. The number of nitrogens with zero attached hydrogens (tertiary/aromatic N) is 2. The minimum atomic E-state index is -0.458. The second-order valence-electron chi connectivity index (χ2n) is 4.05. The van der Waals surface area contributed by atoms with Crippen LogP contribution in [0.5, 0.6) is 0 Å². The highest BCUT2D eigenvalue weighted by atomic mass is 16.5. The van der Waals surface area contributed by atoms with Gasteiger partial charge >= 0.3 is 5.97 Å². The van der Waals surface area contributed by atoms with Crippen LogP contribution in [0.4, 0.5) is 5.69 Å². The number of carbonyl (C=O) groups is 2. The average molecular weight is 271 g/mol. The van der Waals surface area contributed by atoms with E-state index in [1.807, 2.05) is 0 Å². The van der Waals surface area contributed by atoms with E-state index in [0.29, 0.717) is 22.5 Å². The molecule has 1 heterocycles. The maximum absolute atomic E-state index is 12.1. The minimum absolute atomic E-state index is 0.329. The molecule has 0 saturated heterocycles. The summed E-state index contributed by atoms with van der Waals surface area (Å²) in [4.78, 5) is 31.3. The van der Waals surface area contributed by atoms with Gasteiger partial charge in [0.1, 0.15) is 6.33 Å². The molecule has 2 rings (SSSR count). The van der Waals surface area contributed by atoms with Crippen LogP contribution in [0.25, 0.3) is 0 Å². The van der Waals surface area contributed by atoms with Gasteiger partial charge in [-0.15, -0.1) is 0 Å². The molecule has 0 aliphatic heterocycles. The van der Waals surface area contributed by atoms with E-state index in [9.17, 15) is 9.59 Å². The van der Waals surface area contributed by atoms with Gasteiger partial charge in [-0.3, -0.25) is 4.79 Å². The maximum atomic E-state index is 12.1. The first-order valence-corrected chi connectivity index (χ1v) is 5.88. The van der Waals surface area contributed by atoms with Crippen molar-refractivity contribution in [3.63, 3.8) is 0 Å². The minimum Gasteiger partial charge on any atom is -0.465 e. The van der Waals surface area contributed by atoms with Crippen LogP contribution in [0.1, 0.15) is 26.4 Å². The molecule has 6 nitrogen and oxygen atoms in total. The second-order valence-corrected chi connectivity index (χ2v) is 4.05. The molecule has 1 amide bonds. The van der Waals surface area contributed by atoms with Crippen molar-refractivity contribution in [2.24, 2.45) is 0 Å². The Balaban J connectivity index is 2.20. The predicted molar refractivity (Wildman–Crippen MR) is 72.5 cm³/mol. The molecule has 0 spiro atoms. The molecule has 20 heavy (non-hydrogen) atoms. The third-order valence-corrected chi connectivity index (χ3v) is 2.70. The van der Waals surface area contributed by atoms with Crippen molar-refractivity contribution in [1.82, 2.24) is 9.97 Å². The van der Waals surface area contributed by atoms with E-state index in [1.165, 1.54) is 19.6 Å². The Bertz CT molecular complexity index is 656. The molecular formula is C14H13N3O3. The summed E-state index contributed by atoms with van der Waals surface area (Å²) in [5, 5.41) is 2.69. The van der Waals surface area contributed by atoms with Gasteiger partial charge in [-0.05, 0) is 25.1 Å². The molecule has 0 saturated carbocycles. The van der Waals surface area contributed by atoms with Gasteiger partial charge in [0.25, 0.3) is 5.91 Å². The molecule has 1 aromatic heterocycles. The molecule has 0 atom stereocenters. The number of benzene rings is 1. The second kappa shape index (κ2) is 5.92. The Morgan fingerprint density at radius 3 is 2.80 bits per heavy atom. The summed E-state index contributed by atoms with van der Waals surface area (Å²) < 4.78 is 4.63. The number of nitrogens with one attached hydrogen (secondary N) is 1. The molecule has 0 bridgehead atoms. The zero-order valence-corrected chi connectivity index (χ0v) is 11.1. The van der Waals surface area contributed by atoms with E-state index in [0.717, 1.165) is 0 Å². The van der Waals surface area contributed by atoms with Gasteiger partial charge in [-0.25, -0.2) is 14.8 Å². The van der Waals surface area contributed by atoms with Gasteiger partial charge in [-0.1, -0.05) is 6.07 Å². The number of anilines is 1. The van der Waals surface area contributed by atoms with Crippen LogP contribution in [0.3, 0.4) is 0 Å². The predicted octanol–water partition coefficient (Wildman–Crippen LogP) is 1.82. The molecule has 0 aliphatic rings. The largest absolute Gasteiger partial charge is 0.465 e. The summed E-state index contributed by atoms with van der Waals surface area (Å²) in [6.07, 6.45) is 2.83. The molecular weight excluding hydrogens is 258 g/mol. The molecule has 102 valence electrons. The molecule has 1 aromatic carbocycles. The first-order chi connectivity index (χ1) is 9.61. The van der Waals surface area contributed by atoms with Gasteiger partial charge < -0.3 is 10.1 Å². The van der Waals surface area contributed by atoms with E-state index in [4.69, 9.17) is 0 Å². The molecule has 0 fully saturated rings. The number of rotatable bonds is 3. The van der Waals surface area contributed by atoms with Crippen LogP contribution in [0.2, 0.25) is 0 Å². The molecule has 0 unspecified atom stereocenters. The van der Waals surface area contributed by atoms with Crippen LogP contribution in [-0.2, 0) is 4.74 Å². The van der Waals surface area contributed by atoms with E-state index < -0.39 is 5.97 Å². The number of aryl methyl sites for hydroxylation is 1. The zero-order chi connectivity index (χ0) is 14.5. The topological polar surface area (TPSA) is 81.2 Å². The van der Waals surface area contributed by atoms with Crippen molar-refractivity contribution in [2.75, 3.05) is 12.4 Å². The number of amides is 1. The number of esters is 1. The van der Waals surface area contributed by atoms with Crippen molar-refractivity contribution in [3.05, 3.63) is 53.6 Å². The Morgan fingerprint density at radius 1 is 1.30 bits per heavy atom. The number of hydrogen-bond donors (Lipinski definition) is 1. The Kier molecular flexibility index (Phi) is 4.05. The highest BCUT2D eigenvalue weighted by Gasteiger charge is 2.11. The summed E-state index contributed by atoms with van der Waals surface area (Å²) in [6, 6.07) is 6.50. The monoisotopic (exact) mass is 271 g/mol. The van der Waals surface area contributed by atoms with Crippen LogP contribution in [0.15, 0.2) is 36.8 Å². The normalized spacial score (nSPS) is 9.90. The summed E-state index contributed by atoms with van der Waals surface area (Å²) in [5.41, 5.74) is 1.84. The lowest BCUT2D eigenvalue weighted by atomic mass is 10.2. The van der Waals surface area contributed by atoms with Crippen LogP contribution < -0.4 is 5.32 Å². The number of carbonyl (C=O) groups excluding carboxylic acids is 2. The quantitative estimate of drug-likeness (QED) is 0.861. The Hall–Kier alpha value is -2.76. The molecule has 2 aromatic rings. The number of methoxy groups -OCH3 is 1. The Labute approximate surface area is 115 Å². The summed E-state index contributed by atoms with van der Waals surface area (Å²) >= 11 is 0. The lowest BCUT2D eigenvalue weighted by Gasteiger charge is -2.07. The standard InChI is InChI=1S/C14H13N3O3/c1-9-12(7-15-8-16-9)13(18)17-11-5-3-4-10(6-11)14(19)20-2/h3-8H,1-2H3,(H,17,18). The smallest absolute Gasteiger partial charge is 0.337 e. The first-order valence-electron chi connectivity index (χ1n) is 5.88. The zero-order valence-electron chi connectivity index (χ0n) is 11.1. The van der Waals surface area contributed by atoms with Crippen molar-refractivity contribution in [1.29, 1.82) is 0 Å². The van der Waals surface area contributed by atoms with E-state index in [2.05, 4.69) is 20.0 Å². The first kappa shape index (κ1) is 13.7. The average Bonchev–Trinajstić information content (AvgIpc) is 2.47. The van der Waals surface area contributed by atoms with E-state index >= 15 is 0 Å². The summed E-state index contributed by atoms with van der Waals surface area (Å²) in [6.45, 7) is 1.72. The van der Waals surface area contributed by atoms with Gasteiger partial charge in [0.05, 0.1) is 23.9 Å². The highest BCUT2D eigenvalue weighted by molar-refractivity contribution is 6.05. The lowest BCUT2D eigenvalue weighted by molar-refractivity contribution is 0.0600. The Morgan fingerprint density at radius 2 is 2.10 bits per heavy atom. The SMILES string of the molecule is COC(=O)c1cccc(NC(=O)c2cncnc2C)c1. The van der Waals surface area contributed by atoms with E-state index in [1.54, 1.807) is 31.2 Å². The third-order valence-electron chi connectivity index (χ3n) is 2.70. The lowest BCUT2D eigenvalue weighted by Crippen LogP contribution is -2.15. The fraction of sp³-hybridized carbons (Fsp3) is 0.143. The fourth-order valence-corrected chi connectivity index (χ4v) is 1.65. The van der Waals surface area contributed by atoms with Crippen LogP contribution in [-0.4, -0.2) is 29.0 Å². The van der Waals surface area contributed by atoms with Crippen molar-refractivity contribution < 1.29 is 14.3 Å². The summed E-state index contributed by atoms with van der Waals surface area (Å²) in [7, 11) is 1.30. The molecule has 0 radical (unpaired) electrons. The van der Waals surface area contributed by atoms with Crippen LogP contribution in [0, 0.1) is 6.92 Å². The number of hydrogen-bond acceptors (Lipinski definition) is 5. The van der Waals surface area contributed by atoms with Crippen molar-refractivity contribution in [3.8, 4) is 0 Å². The van der Waals surface area contributed by atoms with Crippen molar-refractivity contribution in [2.45, 2.75) is 6.92 Å². The molecule has 1 N–H and O–H groups in total. The van der Waals surface area contributed by atoms with Crippen molar-refractivity contribution >= 4 is 17.6 Å². The highest BCUT2D eigenvalue weighted by Crippen LogP contribution is 2.13. The van der Waals surface area contributed by atoms with Gasteiger partial charge in [0.15, 0.2) is 0 Å². The van der Waals surface area contributed by atoms with Gasteiger partial charge in [0, 0.05) is 11.9 Å². The third kappa shape index (κ3) is 2.97. The van der Waals surface area contributed by atoms with Gasteiger partial charge in [-0.2, -0.15) is 0 Å². The number of aromatic nitrogens is 2. The van der Waals surface area contributed by atoms with Gasteiger partial charge in [0.2, 0.25) is 0 Å². The summed E-state index contributed by atoms with van der Waals surface area (Å²) in [5.74, 6) is -0.787. The number of ether oxygens (including phenoxy) is 1. The van der Waals surface area contributed by atoms with Crippen LogP contribution >= 0.6 is 0 Å².